The second-order valence-electron chi connectivity index (χ2n) is 4.20. The zero-order chi connectivity index (χ0) is 13.0. The number of carbonyl (C=O) groups is 1. The number of anilines is 1. The minimum Gasteiger partial charge on any atom is -0.369 e. The maximum absolute atomic E-state index is 11.4. The Hall–Kier alpha value is -2.17. The summed E-state index contributed by atoms with van der Waals surface area (Å²) in [5.41, 5.74) is 0.897. The smallest absolute Gasteiger partial charge is 0.223 e. The molecule has 1 amide bonds. The van der Waals surface area contributed by atoms with Gasteiger partial charge < -0.3 is 10.2 Å². The van der Waals surface area contributed by atoms with E-state index in [9.17, 15) is 4.79 Å². The van der Waals surface area contributed by atoms with E-state index in [-0.39, 0.29) is 5.91 Å². The van der Waals surface area contributed by atoms with E-state index in [1.807, 2.05) is 24.3 Å². The van der Waals surface area contributed by atoms with Crippen molar-refractivity contribution in [1.29, 1.82) is 0 Å². The average Bonchev–Trinajstić information content (AvgIpc) is 2.38. The van der Waals surface area contributed by atoms with Crippen LogP contribution in [0.15, 0.2) is 30.6 Å². The summed E-state index contributed by atoms with van der Waals surface area (Å²) in [6.45, 7) is 0.567. The number of benzene rings is 1. The fourth-order valence-corrected chi connectivity index (χ4v) is 1.66. The summed E-state index contributed by atoms with van der Waals surface area (Å²) in [6.07, 6.45) is 1.98. The van der Waals surface area contributed by atoms with Gasteiger partial charge in [-0.05, 0) is 12.1 Å². The van der Waals surface area contributed by atoms with Crippen molar-refractivity contribution in [2.24, 2.45) is 0 Å². The number of nitrogens with zero attached hydrogens (tertiary/aromatic N) is 3. The Labute approximate surface area is 106 Å². The van der Waals surface area contributed by atoms with Gasteiger partial charge in [-0.3, -0.25) is 4.79 Å². The molecule has 2 aromatic rings. The van der Waals surface area contributed by atoms with E-state index in [2.05, 4.69) is 15.3 Å². The summed E-state index contributed by atoms with van der Waals surface area (Å²) in [5.74, 6) is 0.869. The third-order valence-electron chi connectivity index (χ3n) is 2.67. The molecule has 0 aliphatic heterocycles. The molecular formula is C13H16N4O. The molecule has 94 valence electrons. The second-order valence-corrected chi connectivity index (χ2v) is 4.20. The Morgan fingerprint density at radius 1 is 1.28 bits per heavy atom. The van der Waals surface area contributed by atoms with Gasteiger partial charge in [0.2, 0.25) is 5.91 Å². The monoisotopic (exact) mass is 244 g/mol. The van der Waals surface area contributed by atoms with Crippen LogP contribution in [-0.2, 0) is 4.79 Å². The first-order chi connectivity index (χ1) is 8.68. The molecule has 5 heteroatoms. The zero-order valence-corrected chi connectivity index (χ0v) is 10.6. The molecule has 0 aliphatic carbocycles. The van der Waals surface area contributed by atoms with Crippen molar-refractivity contribution >= 4 is 22.6 Å². The molecule has 0 spiro atoms. The number of hydrogen-bond donors (Lipinski definition) is 1. The van der Waals surface area contributed by atoms with Crippen LogP contribution in [0.25, 0.3) is 10.9 Å². The molecule has 0 saturated heterocycles. The maximum Gasteiger partial charge on any atom is 0.223 e. The molecule has 5 nitrogen and oxygen atoms in total. The quantitative estimate of drug-likeness (QED) is 0.886. The summed E-state index contributed by atoms with van der Waals surface area (Å²) >= 11 is 0. The Morgan fingerprint density at radius 2 is 2.06 bits per heavy atom. The minimum atomic E-state index is 0.0980. The first kappa shape index (κ1) is 12.3. The van der Waals surface area contributed by atoms with Crippen molar-refractivity contribution < 1.29 is 4.79 Å². The molecule has 18 heavy (non-hydrogen) atoms. The predicted octanol–water partition coefficient (Wildman–Crippen LogP) is 1.52. The average molecular weight is 244 g/mol. The number of carbonyl (C=O) groups excluding carboxylic acids is 1. The van der Waals surface area contributed by atoms with E-state index in [1.165, 1.54) is 6.33 Å². The van der Waals surface area contributed by atoms with Gasteiger partial charge in [0, 0.05) is 32.4 Å². The lowest BCUT2D eigenvalue weighted by Crippen LogP contribution is -2.24. The van der Waals surface area contributed by atoms with Crippen LogP contribution in [0.3, 0.4) is 0 Å². The molecule has 1 aromatic carbocycles. The minimum absolute atomic E-state index is 0.0980. The van der Waals surface area contributed by atoms with Crippen LogP contribution in [0.4, 0.5) is 5.82 Å². The molecule has 0 atom stereocenters. The highest BCUT2D eigenvalue weighted by atomic mass is 16.2. The highest BCUT2D eigenvalue weighted by molar-refractivity contribution is 5.88. The number of para-hydroxylation sites is 1. The van der Waals surface area contributed by atoms with Gasteiger partial charge in [-0.2, -0.15) is 0 Å². The lowest BCUT2D eigenvalue weighted by Gasteiger charge is -2.11. The molecule has 2 rings (SSSR count). The standard InChI is InChI=1S/C13H16N4O/c1-17(2)12(18)7-8-14-13-10-5-3-4-6-11(10)15-9-16-13/h3-6,9H,7-8H2,1-2H3,(H,14,15,16). The fourth-order valence-electron chi connectivity index (χ4n) is 1.66. The van der Waals surface area contributed by atoms with Crippen molar-refractivity contribution in [3.63, 3.8) is 0 Å². The third kappa shape index (κ3) is 2.74. The van der Waals surface area contributed by atoms with Crippen molar-refractivity contribution in [3.8, 4) is 0 Å². The number of fused-ring (bicyclic) bond motifs is 1. The molecule has 0 unspecified atom stereocenters. The van der Waals surface area contributed by atoms with Gasteiger partial charge in [-0.1, -0.05) is 12.1 Å². The van der Waals surface area contributed by atoms with Gasteiger partial charge in [-0.25, -0.2) is 9.97 Å². The third-order valence-corrected chi connectivity index (χ3v) is 2.67. The Bertz CT molecular complexity index is 548. The molecule has 0 aliphatic rings. The van der Waals surface area contributed by atoms with Crippen LogP contribution in [0.2, 0.25) is 0 Å². The lowest BCUT2D eigenvalue weighted by atomic mass is 10.2. The summed E-state index contributed by atoms with van der Waals surface area (Å²) in [4.78, 5) is 21.4. The van der Waals surface area contributed by atoms with Gasteiger partial charge in [0.05, 0.1) is 5.52 Å². The van der Waals surface area contributed by atoms with E-state index in [4.69, 9.17) is 0 Å². The summed E-state index contributed by atoms with van der Waals surface area (Å²) in [6, 6.07) is 7.79. The van der Waals surface area contributed by atoms with E-state index in [0.29, 0.717) is 13.0 Å². The van der Waals surface area contributed by atoms with Crippen LogP contribution in [0.1, 0.15) is 6.42 Å². The fraction of sp³-hybridized carbons (Fsp3) is 0.308. The Kier molecular flexibility index (Phi) is 3.72. The number of nitrogens with one attached hydrogen (secondary N) is 1. The van der Waals surface area contributed by atoms with Crippen molar-refractivity contribution in [3.05, 3.63) is 30.6 Å². The first-order valence-electron chi connectivity index (χ1n) is 5.82. The maximum atomic E-state index is 11.4. The van der Waals surface area contributed by atoms with Crippen LogP contribution < -0.4 is 5.32 Å². The van der Waals surface area contributed by atoms with E-state index in [0.717, 1.165) is 16.7 Å². The van der Waals surface area contributed by atoms with Crippen molar-refractivity contribution in [1.82, 2.24) is 14.9 Å². The SMILES string of the molecule is CN(C)C(=O)CCNc1ncnc2ccccc12. The highest BCUT2D eigenvalue weighted by Crippen LogP contribution is 2.17. The van der Waals surface area contributed by atoms with Crippen LogP contribution >= 0.6 is 0 Å². The Balaban J connectivity index is 2.06. The largest absolute Gasteiger partial charge is 0.369 e. The number of hydrogen-bond acceptors (Lipinski definition) is 4. The zero-order valence-electron chi connectivity index (χ0n) is 10.6. The molecular weight excluding hydrogens is 228 g/mol. The van der Waals surface area contributed by atoms with Gasteiger partial charge >= 0.3 is 0 Å². The summed E-state index contributed by atoms with van der Waals surface area (Å²) in [7, 11) is 3.50. The molecule has 1 aromatic heterocycles. The van der Waals surface area contributed by atoms with E-state index >= 15 is 0 Å². The molecule has 0 saturated carbocycles. The predicted molar refractivity (Wildman–Crippen MR) is 71.3 cm³/mol. The number of rotatable bonds is 4. The number of amides is 1. The topological polar surface area (TPSA) is 58.1 Å². The molecule has 1 heterocycles. The first-order valence-corrected chi connectivity index (χ1v) is 5.82. The van der Waals surface area contributed by atoms with Gasteiger partial charge in [0.1, 0.15) is 12.1 Å². The van der Waals surface area contributed by atoms with Gasteiger partial charge in [-0.15, -0.1) is 0 Å². The van der Waals surface area contributed by atoms with Crippen LogP contribution in [0.5, 0.6) is 0 Å². The van der Waals surface area contributed by atoms with Crippen LogP contribution in [-0.4, -0.2) is 41.4 Å². The lowest BCUT2D eigenvalue weighted by molar-refractivity contribution is -0.128. The molecule has 0 fully saturated rings. The second kappa shape index (κ2) is 5.44. The summed E-state index contributed by atoms with van der Waals surface area (Å²) < 4.78 is 0. The highest BCUT2D eigenvalue weighted by Gasteiger charge is 2.05. The Morgan fingerprint density at radius 3 is 2.83 bits per heavy atom. The van der Waals surface area contributed by atoms with Gasteiger partial charge in [0.15, 0.2) is 0 Å². The molecule has 1 N–H and O–H groups in total. The number of aromatic nitrogens is 2. The normalized spacial score (nSPS) is 10.3. The van der Waals surface area contributed by atoms with Crippen LogP contribution in [0, 0.1) is 0 Å². The molecule has 0 radical (unpaired) electrons. The molecule has 0 bridgehead atoms. The van der Waals surface area contributed by atoms with Crippen molar-refractivity contribution in [2.75, 3.05) is 26.0 Å². The van der Waals surface area contributed by atoms with Crippen molar-refractivity contribution in [2.45, 2.75) is 6.42 Å². The van der Waals surface area contributed by atoms with Gasteiger partial charge in [0.25, 0.3) is 0 Å². The summed E-state index contributed by atoms with van der Waals surface area (Å²) in [5, 5.41) is 4.14. The van der Waals surface area contributed by atoms with E-state index < -0.39 is 0 Å². The van der Waals surface area contributed by atoms with E-state index in [1.54, 1.807) is 19.0 Å².